The van der Waals surface area contributed by atoms with Crippen LogP contribution in [0.25, 0.3) is 0 Å². The molecule has 6 heteroatoms. The summed E-state index contributed by atoms with van der Waals surface area (Å²) in [4.78, 5) is 18.0. The highest BCUT2D eigenvalue weighted by molar-refractivity contribution is 5.76. The Balaban J connectivity index is 1.69. The maximum absolute atomic E-state index is 11.9. The number of carbonyl (C=O) groups excluding carboxylic acids is 1. The number of likely N-dealkylation sites (tertiary alicyclic amines) is 1. The Morgan fingerprint density at radius 2 is 2.37 bits per heavy atom. The van der Waals surface area contributed by atoms with Gasteiger partial charge in [0.2, 0.25) is 11.8 Å². The van der Waals surface area contributed by atoms with Crippen LogP contribution in [0.3, 0.4) is 0 Å². The van der Waals surface area contributed by atoms with E-state index in [-0.39, 0.29) is 11.9 Å². The molecule has 0 aliphatic carbocycles. The molecule has 0 saturated carbocycles. The first kappa shape index (κ1) is 14.0. The van der Waals surface area contributed by atoms with Crippen LogP contribution >= 0.6 is 0 Å². The van der Waals surface area contributed by atoms with E-state index in [0.29, 0.717) is 25.3 Å². The zero-order valence-electron chi connectivity index (χ0n) is 11.5. The predicted molar refractivity (Wildman–Crippen MR) is 70.4 cm³/mol. The summed E-state index contributed by atoms with van der Waals surface area (Å²) >= 11 is 0. The fourth-order valence-electron chi connectivity index (χ4n) is 2.28. The third-order valence-electron chi connectivity index (χ3n) is 3.34. The lowest BCUT2D eigenvalue weighted by atomic mass is 10.2. The number of rotatable bonds is 6. The van der Waals surface area contributed by atoms with Gasteiger partial charge in [-0.2, -0.15) is 4.98 Å². The second-order valence-electron chi connectivity index (χ2n) is 5.10. The molecule has 1 atom stereocenters. The lowest BCUT2D eigenvalue weighted by molar-refractivity contribution is -0.130. The Morgan fingerprint density at radius 3 is 3.05 bits per heavy atom. The van der Waals surface area contributed by atoms with E-state index in [0.717, 1.165) is 38.1 Å². The summed E-state index contributed by atoms with van der Waals surface area (Å²) < 4.78 is 5.14. The van der Waals surface area contributed by atoms with Gasteiger partial charge < -0.3 is 15.2 Å². The van der Waals surface area contributed by atoms with Crippen molar-refractivity contribution in [2.75, 3.05) is 13.1 Å². The minimum Gasteiger partial charge on any atom is -0.341 e. The van der Waals surface area contributed by atoms with E-state index in [9.17, 15) is 4.79 Å². The number of carbonyl (C=O) groups is 1. The monoisotopic (exact) mass is 266 g/mol. The van der Waals surface area contributed by atoms with Crippen molar-refractivity contribution in [3.8, 4) is 0 Å². The third-order valence-corrected chi connectivity index (χ3v) is 3.34. The standard InChI is InChI=1S/C13H22N4O2/c1-2-4-11-15-12(19-16-11)5-3-6-13(18)17-8-7-10(14)9-17/h10H,2-9,14H2,1H3/t10-/m1/s1. The number of hydrogen-bond acceptors (Lipinski definition) is 5. The molecule has 1 aromatic rings. The van der Waals surface area contributed by atoms with Crippen molar-refractivity contribution in [3.63, 3.8) is 0 Å². The van der Waals surface area contributed by atoms with Crippen LogP contribution < -0.4 is 5.73 Å². The lowest BCUT2D eigenvalue weighted by Gasteiger charge is -2.15. The molecule has 1 saturated heterocycles. The Hall–Kier alpha value is -1.43. The fraction of sp³-hybridized carbons (Fsp3) is 0.769. The van der Waals surface area contributed by atoms with Gasteiger partial charge in [0, 0.05) is 38.4 Å². The van der Waals surface area contributed by atoms with Gasteiger partial charge in [0.15, 0.2) is 5.82 Å². The molecule has 0 radical (unpaired) electrons. The van der Waals surface area contributed by atoms with Crippen molar-refractivity contribution in [3.05, 3.63) is 11.7 Å². The maximum atomic E-state index is 11.9. The topological polar surface area (TPSA) is 85.2 Å². The van der Waals surface area contributed by atoms with Gasteiger partial charge in [-0.1, -0.05) is 12.1 Å². The van der Waals surface area contributed by atoms with Gasteiger partial charge >= 0.3 is 0 Å². The largest absolute Gasteiger partial charge is 0.341 e. The molecule has 1 amide bonds. The molecule has 0 aromatic carbocycles. The summed E-state index contributed by atoms with van der Waals surface area (Å²) in [6.07, 6.45) is 4.70. The number of nitrogens with zero attached hydrogens (tertiary/aromatic N) is 3. The SMILES string of the molecule is CCCc1noc(CCCC(=O)N2CC[C@@H](N)C2)n1. The number of aromatic nitrogens is 2. The fourth-order valence-corrected chi connectivity index (χ4v) is 2.28. The number of amides is 1. The number of hydrogen-bond donors (Lipinski definition) is 1. The molecule has 0 spiro atoms. The highest BCUT2D eigenvalue weighted by atomic mass is 16.5. The molecule has 0 bridgehead atoms. The average Bonchev–Trinajstić information content (AvgIpc) is 2.99. The van der Waals surface area contributed by atoms with Crippen molar-refractivity contribution in [2.45, 2.75) is 51.5 Å². The van der Waals surface area contributed by atoms with Crippen LogP contribution in [-0.4, -0.2) is 40.1 Å². The van der Waals surface area contributed by atoms with E-state index in [1.165, 1.54) is 0 Å². The Kier molecular flexibility index (Phi) is 4.90. The molecular weight excluding hydrogens is 244 g/mol. The van der Waals surface area contributed by atoms with Gasteiger partial charge in [-0.25, -0.2) is 0 Å². The van der Waals surface area contributed by atoms with Crippen molar-refractivity contribution in [1.29, 1.82) is 0 Å². The first-order chi connectivity index (χ1) is 9.19. The van der Waals surface area contributed by atoms with E-state index in [1.54, 1.807) is 0 Å². The molecule has 19 heavy (non-hydrogen) atoms. The normalized spacial score (nSPS) is 19.1. The van der Waals surface area contributed by atoms with Gasteiger partial charge in [-0.15, -0.1) is 0 Å². The number of nitrogens with two attached hydrogens (primary N) is 1. The Morgan fingerprint density at radius 1 is 1.53 bits per heavy atom. The van der Waals surface area contributed by atoms with Crippen LogP contribution in [0, 0.1) is 0 Å². The quantitative estimate of drug-likeness (QED) is 0.827. The van der Waals surface area contributed by atoms with Crippen molar-refractivity contribution in [1.82, 2.24) is 15.0 Å². The summed E-state index contributed by atoms with van der Waals surface area (Å²) in [7, 11) is 0. The van der Waals surface area contributed by atoms with Crippen LogP contribution in [-0.2, 0) is 17.6 Å². The van der Waals surface area contributed by atoms with Crippen molar-refractivity contribution in [2.24, 2.45) is 5.73 Å². The third kappa shape index (κ3) is 4.02. The Bertz CT molecular complexity index is 419. The molecule has 6 nitrogen and oxygen atoms in total. The summed E-state index contributed by atoms with van der Waals surface area (Å²) in [6.45, 7) is 3.57. The van der Waals surface area contributed by atoms with Crippen LogP contribution in [0.4, 0.5) is 0 Å². The zero-order chi connectivity index (χ0) is 13.7. The maximum Gasteiger partial charge on any atom is 0.226 e. The van der Waals surface area contributed by atoms with Gasteiger partial charge in [0.1, 0.15) is 0 Å². The van der Waals surface area contributed by atoms with Gasteiger partial charge in [0.25, 0.3) is 0 Å². The van der Waals surface area contributed by atoms with Crippen molar-refractivity contribution < 1.29 is 9.32 Å². The summed E-state index contributed by atoms with van der Waals surface area (Å²) in [6, 6.07) is 0.150. The van der Waals surface area contributed by atoms with Gasteiger partial charge in [0.05, 0.1) is 0 Å². The molecule has 2 N–H and O–H groups in total. The van der Waals surface area contributed by atoms with Gasteiger partial charge in [-0.3, -0.25) is 4.79 Å². The van der Waals surface area contributed by atoms with Crippen LogP contribution in [0.5, 0.6) is 0 Å². The molecule has 1 aromatic heterocycles. The molecular formula is C13H22N4O2. The van der Waals surface area contributed by atoms with Crippen LogP contribution in [0.15, 0.2) is 4.52 Å². The van der Waals surface area contributed by atoms with Crippen molar-refractivity contribution >= 4 is 5.91 Å². The second-order valence-corrected chi connectivity index (χ2v) is 5.10. The van der Waals surface area contributed by atoms with E-state index in [4.69, 9.17) is 10.3 Å². The van der Waals surface area contributed by atoms with Gasteiger partial charge in [-0.05, 0) is 19.3 Å². The second kappa shape index (κ2) is 6.65. The number of aryl methyl sites for hydroxylation is 2. The van der Waals surface area contributed by atoms with Crippen LogP contribution in [0.2, 0.25) is 0 Å². The highest BCUT2D eigenvalue weighted by Crippen LogP contribution is 2.11. The van der Waals surface area contributed by atoms with E-state index in [2.05, 4.69) is 17.1 Å². The molecule has 2 heterocycles. The molecule has 1 aliphatic heterocycles. The summed E-state index contributed by atoms with van der Waals surface area (Å²) in [5.41, 5.74) is 5.79. The minimum absolute atomic E-state index is 0.150. The molecule has 1 fully saturated rings. The molecule has 2 rings (SSSR count). The zero-order valence-corrected chi connectivity index (χ0v) is 11.5. The van der Waals surface area contributed by atoms with Crippen LogP contribution in [0.1, 0.15) is 44.3 Å². The predicted octanol–water partition coefficient (Wildman–Crippen LogP) is 0.904. The highest BCUT2D eigenvalue weighted by Gasteiger charge is 2.23. The smallest absolute Gasteiger partial charge is 0.226 e. The Labute approximate surface area is 113 Å². The lowest BCUT2D eigenvalue weighted by Crippen LogP contribution is -2.31. The summed E-state index contributed by atoms with van der Waals surface area (Å²) in [5.74, 6) is 1.57. The molecule has 106 valence electrons. The summed E-state index contributed by atoms with van der Waals surface area (Å²) in [5, 5.41) is 3.89. The molecule has 0 unspecified atom stereocenters. The average molecular weight is 266 g/mol. The first-order valence-electron chi connectivity index (χ1n) is 7.04. The first-order valence-corrected chi connectivity index (χ1v) is 7.04. The van der Waals surface area contributed by atoms with E-state index in [1.807, 2.05) is 4.90 Å². The van der Waals surface area contributed by atoms with E-state index < -0.39 is 0 Å². The molecule has 1 aliphatic rings. The minimum atomic E-state index is 0.150. The van der Waals surface area contributed by atoms with E-state index >= 15 is 0 Å².